The van der Waals surface area contributed by atoms with Crippen LogP contribution >= 0.6 is 11.3 Å². The Kier molecular flexibility index (Phi) is 3.03. The van der Waals surface area contributed by atoms with Gasteiger partial charge in [0.25, 0.3) is 0 Å². The first-order chi connectivity index (χ1) is 9.58. The van der Waals surface area contributed by atoms with Crippen LogP contribution < -0.4 is 0 Å². The lowest BCUT2D eigenvalue weighted by molar-refractivity contribution is 0.0818. The normalized spacial score (nSPS) is 10.9. The number of Topliss-reactive ketones (excluding diaryl/α,β-unsaturated/α-hetero) is 2. The molecule has 100 valence electrons. The van der Waals surface area contributed by atoms with E-state index in [1.54, 1.807) is 12.3 Å². The highest BCUT2D eigenvalue weighted by Gasteiger charge is 2.23. The number of para-hydroxylation sites is 1. The predicted octanol–water partition coefficient (Wildman–Crippen LogP) is 3.91. The lowest BCUT2D eigenvalue weighted by Gasteiger charge is -1.98. The van der Waals surface area contributed by atoms with Crippen LogP contribution in [0, 0.1) is 13.8 Å². The van der Waals surface area contributed by atoms with E-state index in [0.717, 1.165) is 20.7 Å². The Bertz CT molecular complexity index is 826. The highest BCUT2D eigenvalue weighted by Crippen LogP contribution is 2.24. The highest BCUT2D eigenvalue weighted by molar-refractivity contribution is 7.12. The second-order valence-corrected chi connectivity index (χ2v) is 6.19. The number of carbonyl (C=O) groups excluding carboxylic acids is 2. The molecule has 0 fully saturated rings. The molecule has 0 atom stereocenters. The molecule has 0 saturated heterocycles. The lowest BCUT2D eigenvalue weighted by atomic mass is 10.0. The Morgan fingerprint density at radius 2 is 1.75 bits per heavy atom. The van der Waals surface area contributed by atoms with Crippen molar-refractivity contribution in [2.45, 2.75) is 13.8 Å². The molecule has 0 aliphatic rings. The Hall–Kier alpha value is -2.20. The van der Waals surface area contributed by atoms with Gasteiger partial charge in [0, 0.05) is 32.4 Å². The molecule has 1 aromatic carbocycles. The smallest absolute Gasteiger partial charge is 0.235 e. The van der Waals surface area contributed by atoms with Crippen LogP contribution in [0.4, 0.5) is 0 Å². The molecule has 0 spiro atoms. The Morgan fingerprint density at radius 1 is 1.05 bits per heavy atom. The molecule has 0 aliphatic heterocycles. The van der Waals surface area contributed by atoms with Gasteiger partial charge >= 0.3 is 0 Å². The molecule has 2 aromatic heterocycles. The van der Waals surface area contributed by atoms with Gasteiger partial charge in [0.15, 0.2) is 0 Å². The Labute approximate surface area is 120 Å². The van der Waals surface area contributed by atoms with Gasteiger partial charge in [-0.05, 0) is 26.0 Å². The predicted molar refractivity (Wildman–Crippen MR) is 80.8 cm³/mol. The van der Waals surface area contributed by atoms with Gasteiger partial charge in [-0.15, -0.1) is 11.3 Å². The van der Waals surface area contributed by atoms with Crippen molar-refractivity contribution in [3.63, 3.8) is 0 Å². The van der Waals surface area contributed by atoms with Gasteiger partial charge in [0.05, 0.1) is 5.56 Å². The molecule has 0 aliphatic carbocycles. The van der Waals surface area contributed by atoms with Gasteiger partial charge in [-0.2, -0.15) is 0 Å². The lowest BCUT2D eigenvalue weighted by Crippen LogP contribution is -2.14. The molecule has 2 heterocycles. The molecule has 20 heavy (non-hydrogen) atoms. The summed E-state index contributed by atoms with van der Waals surface area (Å²) in [6.45, 7) is 3.80. The van der Waals surface area contributed by atoms with Gasteiger partial charge in [0.1, 0.15) is 0 Å². The highest BCUT2D eigenvalue weighted by atomic mass is 32.1. The number of aromatic amines is 1. The van der Waals surface area contributed by atoms with Gasteiger partial charge in [-0.25, -0.2) is 0 Å². The van der Waals surface area contributed by atoms with Gasteiger partial charge < -0.3 is 4.98 Å². The van der Waals surface area contributed by atoms with Crippen molar-refractivity contribution in [1.29, 1.82) is 0 Å². The fourth-order valence-corrected chi connectivity index (χ4v) is 3.28. The quantitative estimate of drug-likeness (QED) is 0.585. The van der Waals surface area contributed by atoms with Crippen molar-refractivity contribution in [1.82, 2.24) is 4.98 Å². The summed E-state index contributed by atoms with van der Waals surface area (Å²) in [5.74, 6) is -0.889. The van der Waals surface area contributed by atoms with Crippen molar-refractivity contribution in [2.24, 2.45) is 0 Å². The molecule has 0 saturated carbocycles. The molecular formula is C16H13NO2S. The monoisotopic (exact) mass is 283 g/mol. The number of aromatic nitrogens is 1. The molecular weight excluding hydrogens is 270 g/mol. The maximum Gasteiger partial charge on any atom is 0.235 e. The van der Waals surface area contributed by atoms with Crippen molar-refractivity contribution < 1.29 is 9.59 Å². The number of fused-ring (bicyclic) bond motifs is 1. The van der Waals surface area contributed by atoms with Crippen LogP contribution in [-0.2, 0) is 0 Å². The maximum absolute atomic E-state index is 12.4. The number of hydrogen-bond donors (Lipinski definition) is 1. The van der Waals surface area contributed by atoms with Crippen LogP contribution in [0.25, 0.3) is 10.9 Å². The standard InChI is InChI=1S/C16H13NO2S/c1-9-7-12(10(2)20-9)15(18)16(19)13-8-17-14-6-4-3-5-11(13)14/h3-8,17H,1-2H3. The Balaban J connectivity index is 2.04. The molecule has 0 bridgehead atoms. The minimum atomic E-state index is -0.455. The van der Waals surface area contributed by atoms with E-state index in [-0.39, 0.29) is 0 Å². The fourth-order valence-electron chi connectivity index (χ4n) is 2.36. The molecule has 0 radical (unpaired) electrons. The number of H-pyrrole nitrogens is 1. The third-order valence-corrected chi connectivity index (χ3v) is 4.29. The molecule has 0 unspecified atom stereocenters. The van der Waals surface area contributed by atoms with Gasteiger partial charge in [0.2, 0.25) is 11.6 Å². The van der Waals surface area contributed by atoms with Crippen LogP contribution in [0.2, 0.25) is 0 Å². The van der Waals surface area contributed by atoms with E-state index in [2.05, 4.69) is 4.98 Å². The number of aryl methyl sites for hydroxylation is 2. The average molecular weight is 283 g/mol. The summed E-state index contributed by atoms with van der Waals surface area (Å²) in [7, 11) is 0. The fraction of sp³-hybridized carbons (Fsp3) is 0.125. The zero-order chi connectivity index (χ0) is 14.3. The first-order valence-corrected chi connectivity index (χ1v) is 7.12. The topological polar surface area (TPSA) is 49.9 Å². The van der Waals surface area contributed by atoms with Gasteiger partial charge in [-0.1, -0.05) is 18.2 Å². The summed E-state index contributed by atoms with van der Waals surface area (Å²) in [4.78, 5) is 29.7. The van der Waals surface area contributed by atoms with Crippen LogP contribution in [0.1, 0.15) is 30.5 Å². The molecule has 3 nitrogen and oxygen atoms in total. The summed E-state index contributed by atoms with van der Waals surface area (Å²) in [6, 6.07) is 9.27. The number of carbonyl (C=O) groups is 2. The number of ketones is 2. The number of rotatable bonds is 3. The number of nitrogens with one attached hydrogen (secondary N) is 1. The van der Waals surface area contributed by atoms with E-state index in [0.29, 0.717) is 11.1 Å². The third-order valence-electron chi connectivity index (χ3n) is 3.33. The molecule has 3 aromatic rings. The Morgan fingerprint density at radius 3 is 2.45 bits per heavy atom. The number of hydrogen-bond acceptors (Lipinski definition) is 3. The van der Waals surface area contributed by atoms with Crippen molar-refractivity contribution in [2.75, 3.05) is 0 Å². The third kappa shape index (κ3) is 1.98. The van der Waals surface area contributed by atoms with E-state index >= 15 is 0 Å². The van der Waals surface area contributed by atoms with Crippen LogP contribution in [0.15, 0.2) is 36.5 Å². The SMILES string of the molecule is Cc1cc(C(=O)C(=O)c2c[nH]c3ccccc23)c(C)s1. The van der Waals surface area contributed by atoms with Gasteiger partial charge in [-0.3, -0.25) is 9.59 Å². The minimum absolute atomic E-state index is 0.434. The summed E-state index contributed by atoms with van der Waals surface area (Å²) >= 11 is 1.53. The number of thiophene rings is 1. The zero-order valence-corrected chi connectivity index (χ0v) is 12.0. The summed E-state index contributed by atoms with van der Waals surface area (Å²) in [5, 5.41) is 0.787. The van der Waals surface area contributed by atoms with Crippen LogP contribution in [-0.4, -0.2) is 16.6 Å². The first kappa shape index (κ1) is 12.8. The summed E-state index contributed by atoms with van der Waals surface area (Å²) in [6.07, 6.45) is 1.61. The van der Waals surface area contributed by atoms with Crippen molar-refractivity contribution in [3.8, 4) is 0 Å². The van der Waals surface area contributed by atoms with E-state index < -0.39 is 11.6 Å². The summed E-state index contributed by atoms with van der Waals surface area (Å²) < 4.78 is 0. The number of benzene rings is 1. The van der Waals surface area contributed by atoms with Crippen LogP contribution in [0.3, 0.4) is 0 Å². The van der Waals surface area contributed by atoms with Crippen molar-refractivity contribution >= 4 is 33.8 Å². The average Bonchev–Trinajstić information content (AvgIpc) is 3.00. The second-order valence-electron chi connectivity index (χ2n) is 4.73. The van der Waals surface area contributed by atoms with E-state index in [1.807, 2.05) is 38.1 Å². The first-order valence-electron chi connectivity index (χ1n) is 6.30. The molecule has 4 heteroatoms. The van der Waals surface area contributed by atoms with E-state index in [9.17, 15) is 9.59 Å². The largest absolute Gasteiger partial charge is 0.360 e. The zero-order valence-electron chi connectivity index (χ0n) is 11.2. The van der Waals surface area contributed by atoms with E-state index in [1.165, 1.54) is 11.3 Å². The van der Waals surface area contributed by atoms with Crippen LogP contribution in [0.5, 0.6) is 0 Å². The molecule has 3 rings (SSSR count). The summed E-state index contributed by atoms with van der Waals surface area (Å²) in [5.41, 5.74) is 1.82. The molecule has 0 amide bonds. The second kappa shape index (κ2) is 4.72. The minimum Gasteiger partial charge on any atom is -0.360 e. The van der Waals surface area contributed by atoms with Crippen molar-refractivity contribution in [3.05, 3.63) is 57.4 Å². The maximum atomic E-state index is 12.4. The van der Waals surface area contributed by atoms with E-state index in [4.69, 9.17) is 0 Å². The molecule has 1 N–H and O–H groups in total.